The van der Waals surface area contributed by atoms with Gasteiger partial charge in [0.25, 0.3) is 0 Å². The van der Waals surface area contributed by atoms with Crippen LogP contribution in [0.3, 0.4) is 0 Å². The lowest BCUT2D eigenvalue weighted by molar-refractivity contribution is -0.115. The predicted molar refractivity (Wildman–Crippen MR) is 61.3 cm³/mol. The molecular formula is C12H12ClNO2. The summed E-state index contributed by atoms with van der Waals surface area (Å²) in [5, 5.41) is 10.3. The zero-order valence-electron chi connectivity index (χ0n) is 8.90. The highest BCUT2D eigenvalue weighted by atomic mass is 35.5. The van der Waals surface area contributed by atoms with E-state index >= 15 is 0 Å². The normalized spacial score (nSPS) is 17.4. The number of aliphatic hydroxyl groups excluding tert-OH is 1. The number of allylic oxidation sites excluding steroid dienone is 1. The van der Waals surface area contributed by atoms with Gasteiger partial charge >= 0.3 is 0 Å². The summed E-state index contributed by atoms with van der Waals surface area (Å²) in [6.45, 7) is 1.87. The average Bonchev–Trinajstić information content (AvgIpc) is 2.67. The van der Waals surface area contributed by atoms with Crippen LogP contribution in [0.15, 0.2) is 23.9 Å². The minimum absolute atomic E-state index is 0.00919. The van der Waals surface area contributed by atoms with Crippen molar-refractivity contribution in [1.82, 2.24) is 4.98 Å². The fraction of sp³-hybridized carbons (Fsp3) is 0.333. The SMILES string of the molecule is Cc1cnc(Cl)c(C(O)C2=CCCC2=O)c1. The fourth-order valence-electron chi connectivity index (χ4n) is 1.82. The summed E-state index contributed by atoms with van der Waals surface area (Å²) in [7, 11) is 0. The molecule has 0 fully saturated rings. The Morgan fingerprint density at radius 2 is 2.31 bits per heavy atom. The largest absolute Gasteiger partial charge is 0.383 e. The molecular weight excluding hydrogens is 226 g/mol. The van der Waals surface area contributed by atoms with Gasteiger partial charge < -0.3 is 5.11 Å². The molecule has 0 bridgehead atoms. The summed E-state index contributed by atoms with van der Waals surface area (Å²) < 4.78 is 0. The summed E-state index contributed by atoms with van der Waals surface area (Å²) in [5.41, 5.74) is 1.85. The molecule has 0 saturated heterocycles. The molecule has 0 saturated carbocycles. The highest BCUT2D eigenvalue weighted by Crippen LogP contribution is 2.31. The number of rotatable bonds is 2. The zero-order valence-corrected chi connectivity index (χ0v) is 9.66. The number of Topliss-reactive ketones (excluding diaryl/α,β-unsaturated/α-hetero) is 1. The van der Waals surface area contributed by atoms with Crippen LogP contribution in [0.5, 0.6) is 0 Å². The van der Waals surface area contributed by atoms with Crippen molar-refractivity contribution >= 4 is 17.4 Å². The number of carbonyl (C=O) groups is 1. The monoisotopic (exact) mass is 237 g/mol. The van der Waals surface area contributed by atoms with Gasteiger partial charge in [-0.3, -0.25) is 4.79 Å². The van der Waals surface area contributed by atoms with Crippen molar-refractivity contribution in [2.45, 2.75) is 25.9 Å². The average molecular weight is 238 g/mol. The lowest BCUT2D eigenvalue weighted by atomic mass is 10.0. The molecule has 0 radical (unpaired) electrons. The molecule has 3 nitrogen and oxygen atoms in total. The zero-order chi connectivity index (χ0) is 11.7. The van der Waals surface area contributed by atoms with Gasteiger partial charge in [0.2, 0.25) is 0 Å². The number of carbonyl (C=O) groups excluding carboxylic acids is 1. The van der Waals surface area contributed by atoms with Crippen molar-refractivity contribution in [3.05, 3.63) is 40.2 Å². The second-order valence-corrected chi connectivity index (χ2v) is 4.27. The van der Waals surface area contributed by atoms with Gasteiger partial charge in [0.05, 0.1) is 0 Å². The molecule has 1 N–H and O–H groups in total. The van der Waals surface area contributed by atoms with E-state index in [1.165, 1.54) is 0 Å². The molecule has 1 aromatic rings. The van der Waals surface area contributed by atoms with Crippen LogP contribution < -0.4 is 0 Å². The Morgan fingerprint density at radius 3 is 2.94 bits per heavy atom. The van der Waals surface area contributed by atoms with E-state index in [-0.39, 0.29) is 10.9 Å². The van der Waals surface area contributed by atoms with Gasteiger partial charge in [0.15, 0.2) is 5.78 Å². The van der Waals surface area contributed by atoms with E-state index in [0.29, 0.717) is 24.0 Å². The Balaban J connectivity index is 2.37. The smallest absolute Gasteiger partial charge is 0.161 e. The quantitative estimate of drug-likeness (QED) is 0.804. The van der Waals surface area contributed by atoms with Crippen molar-refractivity contribution < 1.29 is 9.90 Å². The van der Waals surface area contributed by atoms with Gasteiger partial charge in [0, 0.05) is 23.8 Å². The highest BCUT2D eigenvalue weighted by Gasteiger charge is 2.25. The third-order valence-electron chi connectivity index (χ3n) is 2.65. The second-order valence-electron chi connectivity index (χ2n) is 3.92. The standard InChI is InChI=1S/C12H12ClNO2/c1-7-5-9(12(13)14-6-7)11(16)8-3-2-4-10(8)15/h3,5-6,11,16H,2,4H2,1H3. The van der Waals surface area contributed by atoms with E-state index in [2.05, 4.69) is 4.98 Å². The Kier molecular flexibility index (Phi) is 3.08. The lowest BCUT2D eigenvalue weighted by Crippen LogP contribution is -2.08. The maximum atomic E-state index is 11.5. The number of halogens is 1. The van der Waals surface area contributed by atoms with Crippen LogP contribution >= 0.6 is 11.6 Å². The van der Waals surface area contributed by atoms with E-state index in [4.69, 9.17) is 11.6 Å². The van der Waals surface area contributed by atoms with Gasteiger partial charge in [-0.05, 0) is 25.0 Å². The molecule has 1 aliphatic rings. The van der Waals surface area contributed by atoms with Gasteiger partial charge in [-0.2, -0.15) is 0 Å². The number of pyridine rings is 1. The molecule has 0 aliphatic heterocycles. The van der Waals surface area contributed by atoms with Crippen molar-refractivity contribution in [3.8, 4) is 0 Å². The number of nitrogens with zero attached hydrogens (tertiary/aromatic N) is 1. The summed E-state index contributed by atoms with van der Waals surface area (Å²) in [5.74, 6) is -0.00919. The Labute approximate surface area is 98.8 Å². The van der Waals surface area contributed by atoms with Crippen LogP contribution in [0.25, 0.3) is 0 Å². The molecule has 1 unspecified atom stereocenters. The van der Waals surface area contributed by atoms with Crippen molar-refractivity contribution in [1.29, 1.82) is 0 Å². The predicted octanol–water partition coefficient (Wildman–Crippen LogP) is 2.37. The van der Waals surface area contributed by atoms with Crippen LogP contribution in [0.2, 0.25) is 5.15 Å². The second kappa shape index (κ2) is 4.36. The number of aryl methyl sites for hydroxylation is 1. The van der Waals surface area contributed by atoms with Crippen LogP contribution in [0.1, 0.15) is 30.1 Å². The Morgan fingerprint density at radius 1 is 1.56 bits per heavy atom. The van der Waals surface area contributed by atoms with Crippen LogP contribution in [0.4, 0.5) is 0 Å². The van der Waals surface area contributed by atoms with Gasteiger partial charge in [0.1, 0.15) is 11.3 Å². The van der Waals surface area contributed by atoms with Crippen LogP contribution in [0, 0.1) is 6.92 Å². The number of hydrogen-bond acceptors (Lipinski definition) is 3. The van der Waals surface area contributed by atoms with E-state index < -0.39 is 6.10 Å². The maximum absolute atomic E-state index is 11.5. The first-order chi connectivity index (χ1) is 7.59. The molecule has 4 heteroatoms. The Bertz CT molecular complexity index is 468. The molecule has 0 amide bonds. The first-order valence-electron chi connectivity index (χ1n) is 5.13. The molecule has 2 rings (SSSR count). The molecule has 1 aliphatic carbocycles. The number of aromatic nitrogens is 1. The van der Waals surface area contributed by atoms with Crippen molar-refractivity contribution in [2.75, 3.05) is 0 Å². The summed E-state index contributed by atoms with van der Waals surface area (Å²) in [6.07, 6.45) is 3.62. The summed E-state index contributed by atoms with van der Waals surface area (Å²) in [6, 6.07) is 1.76. The number of aliphatic hydroxyl groups is 1. The minimum Gasteiger partial charge on any atom is -0.383 e. The lowest BCUT2D eigenvalue weighted by Gasteiger charge is -2.13. The van der Waals surface area contributed by atoms with Crippen LogP contribution in [-0.4, -0.2) is 15.9 Å². The van der Waals surface area contributed by atoms with Gasteiger partial charge in [-0.25, -0.2) is 4.98 Å². The summed E-state index contributed by atoms with van der Waals surface area (Å²) in [4.78, 5) is 15.5. The van der Waals surface area contributed by atoms with E-state index in [9.17, 15) is 9.90 Å². The third kappa shape index (κ3) is 2.01. The Hall–Kier alpha value is -1.19. The molecule has 0 spiro atoms. The van der Waals surface area contributed by atoms with Crippen molar-refractivity contribution in [2.24, 2.45) is 0 Å². The van der Waals surface area contributed by atoms with Gasteiger partial charge in [-0.15, -0.1) is 0 Å². The molecule has 84 valence electrons. The van der Waals surface area contributed by atoms with E-state index in [1.54, 1.807) is 18.3 Å². The van der Waals surface area contributed by atoms with Crippen LogP contribution in [-0.2, 0) is 4.79 Å². The number of ketones is 1. The molecule has 1 atom stereocenters. The van der Waals surface area contributed by atoms with E-state index in [0.717, 1.165) is 5.56 Å². The summed E-state index contributed by atoms with van der Waals surface area (Å²) >= 11 is 5.91. The molecule has 16 heavy (non-hydrogen) atoms. The van der Waals surface area contributed by atoms with Gasteiger partial charge in [-0.1, -0.05) is 17.7 Å². The number of hydrogen-bond donors (Lipinski definition) is 1. The molecule has 0 aromatic carbocycles. The first-order valence-corrected chi connectivity index (χ1v) is 5.50. The minimum atomic E-state index is -0.949. The third-order valence-corrected chi connectivity index (χ3v) is 2.97. The highest BCUT2D eigenvalue weighted by molar-refractivity contribution is 6.30. The molecule has 1 heterocycles. The maximum Gasteiger partial charge on any atom is 0.161 e. The van der Waals surface area contributed by atoms with Crippen molar-refractivity contribution in [3.63, 3.8) is 0 Å². The fourth-order valence-corrected chi connectivity index (χ4v) is 2.02. The van der Waals surface area contributed by atoms with E-state index in [1.807, 2.05) is 6.92 Å². The molecule has 1 aromatic heterocycles. The topological polar surface area (TPSA) is 50.2 Å². The first kappa shape index (κ1) is 11.3.